The molecule has 11 nitrogen and oxygen atoms in total. The summed E-state index contributed by atoms with van der Waals surface area (Å²) in [5.41, 5.74) is -1.95. The molecule has 11 heteroatoms. The Hall–Kier alpha value is -3.50. The van der Waals surface area contributed by atoms with Gasteiger partial charge in [0.25, 0.3) is 0 Å². The van der Waals surface area contributed by atoms with Gasteiger partial charge in [0.15, 0.2) is 0 Å². The Morgan fingerprint density at radius 2 is 1.87 bits per heavy atom. The monoisotopic (exact) mass is 325 g/mol. The number of aryl methyl sites for hydroxylation is 1. The lowest BCUT2D eigenvalue weighted by molar-refractivity contribution is -0.422. The zero-order chi connectivity index (χ0) is 17.7. The summed E-state index contributed by atoms with van der Waals surface area (Å²) in [4.78, 5) is 42.2. The number of methoxy groups -OCH3 is 1. The first kappa shape index (κ1) is 17.6. The van der Waals surface area contributed by atoms with Gasteiger partial charge in [-0.1, -0.05) is 0 Å². The van der Waals surface area contributed by atoms with Gasteiger partial charge in [-0.2, -0.15) is 0 Å². The van der Waals surface area contributed by atoms with Crippen LogP contribution in [0.3, 0.4) is 0 Å². The number of amides is 1. The van der Waals surface area contributed by atoms with E-state index < -0.39 is 39.0 Å². The number of carboxylic acid groups (broad SMARTS) is 1. The second-order valence-corrected chi connectivity index (χ2v) is 4.20. The number of esters is 1. The van der Waals surface area contributed by atoms with Crippen molar-refractivity contribution in [1.82, 2.24) is 5.32 Å². The van der Waals surface area contributed by atoms with Gasteiger partial charge in [-0.05, 0) is 24.6 Å². The van der Waals surface area contributed by atoms with Crippen molar-refractivity contribution >= 4 is 29.5 Å². The number of carbonyl (C=O) groups is 2. The first-order valence-corrected chi connectivity index (χ1v) is 5.90. The van der Waals surface area contributed by atoms with Gasteiger partial charge in [-0.25, -0.2) is 9.59 Å². The molecule has 0 fully saturated rings. The molecule has 23 heavy (non-hydrogen) atoms. The third-order valence-corrected chi connectivity index (χ3v) is 2.64. The lowest BCUT2D eigenvalue weighted by Gasteiger charge is -2.06. The van der Waals surface area contributed by atoms with E-state index in [1.807, 2.05) is 0 Å². The highest BCUT2D eigenvalue weighted by Gasteiger charge is 2.27. The highest BCUT2D eigenvalue weighted by atomic mass is 16.6. The average Bonchev–Trinajstić information content (AvgIpc) is 2.43. The van der Waals surface area contributed by atoms with E-state index in [0.29, 0.717) is 0 Å². The van der Waals surface area contributed by atoms with E-state index in [4.69, 9.17) is 5.11 Å². The van der Waals surface area contributed by atoms with Gasteiger partial charge in [-0.15, -0.1) is 0 Å². The Morgan fingerprint density at radius 1 is 1.26 bits per heavy atom. The van der Waals surface area contributed by atoms with E-state index in [-0.39, 0.29) is 11.1 Å². The van der Waals surface area contributed by atoms with Crippen molar-refractivity contribution in [2.45, 2.75) is 6.92 Å². The molecule has 0 aliphatic rings. The van der Waals surface area contributed by atoms with Crippen LogP contribution in [0.15, 0.2) is 17.8 Å². The number of nitrogens with zero attached hydrogens (tertiary/aromatic N) is 2. The lowest BCUT2D eigenvalue weighted by atomic mass is 10.1. The van der Waals surface area contributed by atoms with Crippen LogP contribution in [0.4, 0.5) is 16.2 Å². The largest absolute Gasteiger partial charge is 0.465 e. The number of nitro benzene ring substituents is 2. The highest BCUT2D eigenvalue weighted by Crippen LogP contribution is 2.32. The number of nitro groups is 2. The number of rotatable bonds is 5. The summed E-state index contributed by atoms with van der Waals surface area (Å²) in [5.74, 6) is -1.02. The van der Waals surface area contributed by atoms with Crippen molar-refractivity contribution in [2.24, 2.45) is 0 Å². The molecule has 1 aromatic carbocycles. The predicted octanol–water partition coefficient (Wildman–Crippen LogP) is 1.59. The van der Waals surface area contributed by atoms with Crippen LogP contribution in [-0.4, -0.2) is 34.1 Å². The molecular weight excluding hydrogens is 314 g/mol. The number of hydrogen-bond donors (Lipinski definition) is 2. The quantitative estimate of drug-likeness (QED) is 0.357. The maximum Gasteiger partial charge on any atom is 0.409 e. The van der Waals surface area contributed by atoms with Crippen LogP contribution >= 0.6 is 0 Å². The van der Waals surface area contributed by atoms with Crippen molar-refractivity contribution in [3.63, 3.8) is 0 Å². The second-order valence-electron chi connectivity index (χ2n) is 4.20. The molecule has 0 saturated heterocycles. The van der Waals surface area contributed by atoms with Crippen LogP contribution in [0, 0.1) is 27.2 Å². The lowest BCUT2D eigenvalue weighted by Crippen LogP contribution is -2.26. The van der Waals surface area contributed by atoms with Crippen molar-refractivity contribution in [2.75, 3.05) is 7.11 Å². The summed E-state index contributed by atoms with van der Waals surface area (Å²) < 4.78 is 4.38. The first-order valence-electron chi connectivity index (χ1n) is 5.90. The summed E-state index contributed by atoms with van der Waals surface area (Å²) in [6.45, 7) is 1.28. The molecule has 0 atom stereocenters. The molecule has 0 aliphatic heterocycles. The van der Waals surface area contributed by atoms with E-state index in [2.05, 4.69) is 4.74 Å². The van der Waals surface area contributed by atoms with Gasteiger partial charge >= 0.3 is 23.4 Å². The maximum atomic E-state index is 11.5. The third kappa shape index (κ3) is 4.23. The minimum Gasteiger partial charge on any atom is -0.465 e. The third-order valence-electron chi connectivity index (χ3n) is 2.64. The number of ether oxygens (including phenoxy) is 1. The molecule has 0 unspecified atom stereocenters. The smallest absolute Gasteiger partial charge is 0.409 e. The summed E-state index contributed by atoms with van der Waals surface area (Å²) in [5, 5.41) is 32.3. The minimum atomic E-state index is -1.55. The molecule has 1 rings (SSSR count). The topological polar surface area (TPSA) is 162 Å². The fourth-order valence-electron chi connectivity index (χ4n) is 1.79. The summed E-state index contributed by atoms with van der Waals surface area (Å²) in [6.07, 6.45) is -0.571. The molecule has 0 saturated carbocycles. The van der Waals surface area contributed by atoms with E-state index in [1.165, 1.54) is 13.0 Å². The van der Waals surface area contributed by atoms with Gasteiger partial charge in [0.05, 0.1) is 17.0 Å². The van der Waals surface area contributed by atoms with Crippen LogP contribution in [0.5, 0.6) is 0 Å². The van der Waals surface area contributed by atoms with Gasteiger partial charge in [0.2, 0.25) is 0 Å². The van der Waals surface area contributed by atoms with Gasteiger partial charge in [0.1, 0.15) is 5.70 Å². The average molecular weight is 325 g/mol. The highest BCUT2D eigenvalue weighted by molar-refractivity contribution is 5.96. The Morgan fingerprint density at radius 3 is 2.30 bits per heavy atom. The Labute approximate surface area is 128 Å². The SMILES string of the molecule is COC(=O)/C(=C\c1cc(C)c([N+](=O)[O-])c([N+](=O)[O-])c1)NC(=O)O. The van der Waals surface area contributed by atoms with Crippen LogP contribution in [0.1, 0.15) is 11.1 Å². The zero-order valence-electron chi connectivity index (χ0n) is 11.9. The normalized spacial score (nSPS) is 10.8. The van der Waals surface area contributed by atoms with Crippen LogP contribution in [0.25, 0.3) is 6.08 Å². The van der Waals surface area contributed by atoms with Crippen LogP contribution < -0.4 is 5.32 Å². The van der Waals surface area contributed by atoms with E-state index in [1.54, 1.807) is 5.32 Å². The van der Waals surface area contributed by atoms with Crippen LogP contribution in [0.2, 0.25) is 0 Å². The van der Waals surface area contributed by atoms with Crippen molar-refractivity contribution in [1.29, 1.82) is 0 Å². The second kappa shape index (κ2) is 6.98. The molecule has 2 N–H and O–H groups in total. The Kier molecular flexibility index (Phi) is 5.32. The predicted molar refractivity (Wildman–Crippen MR) is 75.6 cm³/mol. The molecule has 1 aromatic rings. The molecular formula is C12H11N3O8. The molecule has 0 heterocycles. The standard InChI is InChI=1S/C12H11N3O8/c1-6-3-7(4-8(11(16)23-2)13-12(17)18)5-9(14(19)20)10(6)15(21)22/h3-5,13H,1-2H3,(H,17,18)/b8-4+. The van der Waals surface area contributed by atoms with Crippen molar-refractivity contribution in [3.8, 4) is 0 Å². The fraction of sp³-hybridized carbons (Fsp3) is 0.167. The molecule has 1 amide bonds. The number of carbonyl (C=O) groups excluding carboxylic acids is 1. The molecule has 0 bridgehead atoms. The van der Waals surface area contributed by atoms with Crippen LogP contribution in [-0.2, 0) is 9.53 Å². The summed E-state index contributed by atoms with van der Waals surface area (Å²) in [6, 6.07) is 2.06. The molecule has 122 valence electrons. The van der Waals surface area contributed by atoms with Gasteiger partial charge in [-0.3, -0.25) is 25.5 Å². The van der Waals surface area contributed by atoms with Gasteiger partial charge < -0.3 is 9.84 Å². The summed E-state index contributed by atoms with van der Waals surface area (Å²) in [7, 11) is 1.02. The number of nitrogens with one attached hydrogen (secondary N) is 1. The molecule has 0 spiro atoms. The fourth-order valence-corrected chi connectivity index (χ4v) is 1.79. The van der Waals surface area contributed by atoms with E-state index in [9.17, 15) is 29.8 Å². The first-order chi connectivity index (χ1) is 10.7. The molecule has 0 aliphatic carbocycles. The van der Waals surface area contributed by atoms with Gasteiger partial charge in [0, 0.05) is 11.6 Å². The number of hydrogen-bond acceptors (Lipinski definition) is 7. The Bertz CT molecular complexity index is 725. The number of benzene rings is 1. The van der Waals surface area contributed by atoms with Crippen molar-refractivity contribution in [3.05, 3.63) is 49.2 Å². The molecule has 0 radical (unpaired) electrons. The van der Waals surface area contributed by atoms with Crippen molar-refractivity contribution < 1.29 is 29.3 Å². The molecule has 0 aromatic heterocycles. The summed E-state index contributed by atoms with van der Waals surface area (Å²) >= 11 is 0. The van der Waals surface area contributed by atoms with E-state index >= 15 is 0 Å². The zero-order valence-corrected chi connectivity index (χ0v) is 11.9. The minimum absolute atomic E-state index is 0.0185. The Balaban J connectivity index is 3.50. The maximum absolute atomic E-state index is 11.5. The van der Waals surface area contributed by atoms with E-state index in [0.717, 1.165) is 19.3 Å².